The lowest BCUT2D eigenvalue weighted by Gasteiger charge is -2.25. The van der Waals surface area contributed by atoms with Crippen LogP contribution in [0.5, 0.6) is 11.5 Å². The van der Waals surface area contributed by atoms with Gasteiger partial charge in [-0.05, 0) is 44.0 Å². The number of nitrogens with zero attached hydrogens (tertiary/aromatic N) is 3. The van der Waals surface area contributed by atoms with Crippen LogP contribution in [0, 0.1) is 6.92 Å². The molecule has 1 aromatic heterocycles. The number of likely N-dealkylation sites (tertiary alicyclic amines) is 1. The minimum absolute atomic E-state index is 0.0438. The van der Waals surface area contributed by atoms with Crippen LogP contribution in [0.1, 0.15) is 35.7 Å². The molecule has 1 amide bonds. The van der Waals surface area contributed by atoms with E-state index in [2.05, 4.69) is 5.10 Å². The Morgan fingerprint density at radius 2 is 2.11 bits per heavy atom. The average Bonchev–Trinajstić information content (AvgIpc) is 3.25. The van der Waals surface area contributed by atoms with Crippen molar-refractivity contribution < 1.29 is 14.3 Å². The predicted molar refractivity (Wildman–Crippen MR) is 105 cm³/mol. The maximum absolute atomic E-state index is 12.9. The van der Waals surface area contributed by atoms with Crippen molar-refractivity contribution in [2.45, 2.75) is 25.8 Å². The lowest BCUT2D eigenvalue weighted by Crippen LogP contribution is -2.29. The van der Waals surface area contributed by atoms with E-state index in [9.17, 15) is 4.79 Å². The third kappa shape index (κ3) is 3.81. The van der Waals surface area contributed by atoms with E-state index < -0.39 is 0 Å². The summed E-state index contributed by atoms with van der Waals surface area (Å²) in [6, 6.07) is 5.64. The number of ether oxygens (including phenoxy) is 2. The van der Waals surface area contributed by atoms with E-state index in [0.29, 0.717) is 11.7 Å². The summed E-state index contributed by atoms with van der Waals surface area (Å²) >= 11 is 6.25. The number of methoxy groups -OCH3 is 2. The first kappa shape index (κ1) is 19.3. The van der Waals surface area contributed by atoms with Crippen LogP contribution in [-0.2, 0) is 11.8 Å². The molecule has 2 heterocycles. The quantitative estimate of drug-likeness (QED) is 0.730. The van der Waals surface area contributed by atoms with Gasteiger partial charge in [0, 0.05) is 30.8 Å². The van der Waals surface area contributed by atoms with Gasteiger partial charge in [0.15, 0.2) is 0 Å². The predicted octanol–water partition coefficient (Wildman–Crippen LogP) is 3.78. The molecule has 7 heteroatoms. The molecule has 1 unspecified atom stereocenters. The Labute approximate surface area is 164 Å². The van der Waals surface area contributed by atoms with Crippen LogP contribution in [0.2, 0.25) is 5.15 Å². The summed E-state index contributed by atoms with van der Waals surface area (Å²) in [5.41, 5.74) is 2.52. The Morgan fingerprint density at radius 3 is 2.74 bits per heavy atom. The Balaban J connectivity index is 1.86. The summed E-state index contributed by atoms with van der Waals surface area (Å²) in [5, 5.41) is 4.79. The van der Waals surface area contributed by atoms with Gasteiger partial charge in [0.2, 0.25) is 5.91 Å². The first-order chi connectivity index (χ1) is 13.0. The van der Waals surface area contributed by atoms with Gasteiger partial charge in [-0.15, -0.1) is 0 Å². The zero-order valence-corrected chi connectivity index (χ0v) is 16.8. The zero-order chi connectivity index (χ0) is 19.6. The maximum Gasteiger partial charge on any atom is 0.247 e. The van der Waals surface area contributed by atoms with Crippen molar-refractivity contribution in [1.29, 1.82) is 0 Å². The first-order valence-corrected chi connectivity index (χ1v) is 9.23. The molecule has 1 aliphatic rings. The fourth-order valence-corrected chi connectivity index (χ4v) is 3.78. The second-order valence-corrected chi connectivity index (χ2v) is 6.90. The smallest absolute Gasteiger partial charge is 0.247 e. The van der Waals surface area contributed by atoms with Crippen LogP contribution in [-0.4, -0.2) is 41.4 Å². The Bertz CT molecular complexity index is 876. The van der Waals surface area contributed by atoms with Crippen LogP contribution >= 0.6 is 11.6 Å². The number of halogens is 1. The molecule has 1 fully saturated rings. The van der Waals surface area contributed by atoms with Crippen molar-refractivity contribution in [3.05, 3.63) is 46.2 Å². The van der Waals surface area contributed by atoms with Gasteiger partial charge in [-0.3, -0.25) is 9.48 Å². The highest BCUT2D eigenvalue weighted by Gasteiger charge is 2.31. The largest absolute Gasteiger partial charge is 0.497 e. The number of rotatable bonds is 5. The zero-order valence-electron chi connectivity index (χ0n) is 16.0. The van der Waals surface area contributed by atoms with Gasteiger partial charge >= 0.3 is 0 Å². The van der Waals surface area contributed by atoms with Gasteiger partial charge < -0.3 is 14.4 Å². The minimum Gasteiger partial charge on any atom is -0.497 e. The number of hydrogen-bond donors (Lipinski definition) is 0. The molecule has 0 N–H and O–H groups in total. The molecule has 0 saturated carbocycles. The van der Waals surface area contributed by atoms with E-state index in [1.807, 2.05) is 30.0 Å². The van der Waals surface area contributed by atoms with Crippen molar-refractivity contribution >= 4 is 23.6 Å². The SMILES string of the molecule is COc1ccc(OC)c(C2CCCN2C(=O)/C=C/c2c(C)nn(C)c2Cl)c1. The molecular formula is C20H24ClN3O3. The fourth-order valence-electron chi connectivity index (χ4n) is 3.54. The van der Waals surface area contributed by atoms with Gasteiger partial charge in [-0.25, -0.2) is 0 Å². The van der Waals surface area contributed by atoms with E-state index in [4.69, 9.17) is 21.1 Å². The molecule has 0 aliphatic carbocycles. The minimum atomic E-state index is -0.0540. The molecule has 1 aromatic carbocycles. The molecule has 3 rings (SSSR count). The van der Waals surface area contributed by atoms with E-state index in [1.54, 1.807) is 38.1 Å². The van der Waals surface area contributed by atoms with Gasteiger partial charge in [0.1, 0.15) is 16.7 Å². The standard InChI is InChI=1S/C20H24ClN3O3/c1-13-15(20(21)23(2)22-13)8-10-19(25)24-11-5-6-17(24)16-12-14(26-3)7-9-18(16)27-4/h7-10,12,17H,5-6,11H2,1-4H3/b10-8+. The van der Waals surface area contributed by atoms with E-state index in [1.165, 1.54) is 0 Å². The van der Waals surface area contributed by atoms with Crippen LogP contribution in [0.15, 0.2) is 24.3 Å². The number of amides is 1. The van der Waals surface area contributed by atoms with Crippen LogP contribution in [0.25, 0.3) is 6.08 Å². The molecular weight excluding hydrogens is 366 g/mol. The van der Waals surface area contributed by atoms with Gasteiger partial charge in [0.25, 0.3) is 0 Å². The molecule has 6 nitrogen and oxygen atoms in total. The highest BCUT2D eigenvalue weighted by atomic mass is 35.5. The monoisotopic (exact) mass is 389 g/mol. The number of benzene rings is 1. The van der Waals surface area contributed by atoms with Gasteiger partial charge in [0.05, 0.1) is 26.0 Å². The van der Waals surface area contributed by atoms with E-state index in [0.717, 1.165) is 41.2 Å². The summed E-state index contributed by atoms with van der Waals surface area (Å²) in [5.74, 6) is 1.45. The summed E-state index contributed by atoms with van der Waals surface area (Å²) in [6.07, 6.45) is 5.14. The lowest BCUT2D eigenvalue weighted by atomic mass is 10.0. The normalized spacial score (nSPS) is 16.9. The molecule has 0 bridgehead atoms. The summed E-state index contributed by atoms with van der Waals surface area (Å²) in [4.78, 5) is 14.8. The topological polar surface area (TPSA) is 56.6 Å². The number of aromatic nitrogens is 2. The van der Waals surface area contributed by atoms with E-state index >= 15 is 0 Å². The third-order valence-electron chi connectivity index (χ3n) is 4.92. The second kappa shape index (κ2) is 8.05. The molecule has 1 saturated heterocycles. The van der Waals surface area contributed by atoms with Crippen molar-refractivity contribution in [3.8, 4) is 11.5 Å². The second-order valence-electron chi connectivity index (χ2n) is 6.54. The molecule has 0 radical (unpaired) electrons. The van der Waals surface area contributed by atoms with Crippen molar-refractivity contribution in [2.75, 3.05) is 20.8 Å². The van der Waals surface area contributed by atoms with Crippen LogP contribution < -0.4 is 9.47 Å². The first-order valence-electron chi connectivity index (χ1n) is 8.86. The summed E-state index contributed by atoms with van der Waals surface area (Å²) in [7, 11) is 5.05. The summed E-state index contributed by atoms with van der Waals surface area (Å²) < 4.78 is 12.5. The highest BCUT2D eigenvalue weighted by Crippen LogP contribution is 2.39. The highest BCUT2D eigenvalue weighted by molar-refractivity contribution is 6.31. The number of carbonyl (C=O) groups is 1. The van der Waals surface area contributed by atoms with Crippen LogP contribution in [0.3, 0.4) is 0 Å². The molecule has 144 valence electrons. The number of carbonyl (C=O) groups excluding carboxylic acids is 1. The van der Waals surface area contributed by atoms with Crippen molar-refractivity contribution in [3.63, 3.8) is 0 Å². The number of hydrogen-bond acceptors (Lipinski definition) is 4. The Hall–Kier alpha value is -2.47. The Kier molecular flexibility index (Phi) is 5.75. The molecule has 1 atom stereocenters. The van der Waals surface area contributed by atoms with Gasteiger partial charge in [-0.2, -0.15) is 5.10 Å². The fraction of sp³-hybridized carbons (Fsp3) is 0.400. The van der Waals surface area contributed by atoms with E-state index in [-0.39, 0.29) is 11.9 Å². The molecule has 1 aliphatic heterocycles. The third-order valence-corrected chi connectivity index (χ3v) is 5.37. The van der Waals surface area contributed by atoms with Crippen molar-refractivity contribution in [2.24, 2.45) is 7.05 Å². The van der Waals surface area contributed by atoms with Crippen molar-refractivity contribution in [1.82, 2.24) is 14.7 Å². The molecule has 27 heavy (non-hydrogen) atoms. The maximum atomic E-state index is 12.9. The Morgan fingerprint density at radius 1 is 1.33 bits per heavy atom. The van der Waals surface area contributed by atoms with Gasteiger partial charge in [-0.1, -0.05) is 11.6 Å². The summed E-state index contributed by atoms with van der Waals surface area (Å²) in [6.45, 7) is 2.57. The lowest BCUT2D eigenvalue weighted by molar-refractivity contribution is -0.126. The molecule has 2 aromatic rings. The van der Waals surface area contributed by atoms with Crippen LogP contribution in [0.4, 0.5) is 0 Å². The molecule has 0 spiro atoms. The average molecular weight is 390 g/mol. The number of aryl methyl sites for hydroxylation is 2.